The van der Waals surface area contributed by atoms with Gasteiger partial charge in [-0.1, -0.05) is 84.9 Å². The minimum atomic E-state index is -0.504. The summed E-state index contributed by atoms with van der Waals surface area (Å²) in [5.74, 6) is 0.667. The van der Waals surface area contributed by atoms with Gasteiger partial charge in [-0.3, -0.25) is 9.78 Å². The van der Waals surface area contributed by atoms with Crippen molar-refractivity contribution in [2.75, 3.05) is 5.75 Å². The normalized spacial score (nSPS) is 18.1. The van der Waals surface area contributed by atoms with Crippen LogP contribution in [0.5, 0.6) is 0 Å². The first-order valence-corrected chi connectivity index (χ1v) is 15.7. The van der Waals surface area contributed by atoms with Gasteiger partial charge in [0.15, 0.2) is 6.29 Å². The molecule has 0 unspecified atom stereocenters. The van der Waals surface area contributed by atoms with Crippen molar-refractivity contribution in [2.45, 2.75) is 43.0 Å². The quantitative estimate of drug-likeness (QED) is 0.161. The van der Waals surface area contributed by atoms with Crippen molar-refractivity contribution in [3.05, 3.63) is 155 Å². The number of pyridine rings is 1. The van der Waals surface area contributed by atoms with Gasteiger partial charge >= 0.3 is 0 Å². The third-order valence-electron chi connectivity index (χ3n) is 7.61. The number of ether oxygens (including phenoxy) is 2. The van der Waals surface area contributed by atoms with Gasteiger partial charge in [0.2, 0.25) is 0 Å². The van der Waals surface area contributed by atoms with Crippen molar-refractivity contribution in [3.8, 4) is 11.1 Å². The summed E-state index contributed by atoms with van der Waals surface area (Å²) >= 11 is 1.79. The number of aliphatic hydroxyl groups is 1. The summed E-state index contributed by atoms with van der Waals surface area (Å²) in [6, 6.07) is 38.3. The number of hydrogen-bond acceptors (Lipinski definition) is 6. The summed E-state index contributed by atoms with van der Waals surface area (Å²) < 4.78 is 13.0. The number of benzene rings is 4. The minimum Gasteiger partial charge on any atom is -0.392 e. The predicted molar refractivity (Wildman–Crippen MR) is 173 cm³/mol. The summed E-state index contributed by atoms with van der Waals surface area (Å²) in [7, 11) is 0. The zero-order valence-corrected chi connectivity index (χ0v) is 25.0. The number of nitrogens with one attached hydrogen (secondary N) is 1. The van der Waals surface area contributed by atoms with Crippen molar-refractivity contribution < 1.29 is 19.4 Å². The average Bonchev–Trinajstić information content (AvgIpc) is 3.10. The Morgan fingerprint density at radius 3 is 2.36 bits per heavy atom. The number of aliphatic hydroxyl groups excluding tert-OH is 1. The fraction of sp³-hybridized carbons (Fsp3) is 0.189. The molecule has 0 radical (unpaired) electrons. The van der Waals surface area contributed by atoms with Crippen LogP contribution < -0.4 is 5.32 Å². The molecule has 44 heavy (non-hydrogen) atoms. The van der Waals surface area contributed by atoms with Gasteiger partial charge in [-0.2, -0.15) is 0 Å². The number of thioether (sulfide) groups is 1. The Morgan fingerprint density at radius 1 is 0.818 bits per heavy atom. The molecule has 7 heteroatoms. The Labute approximate surface area is 262 Å². The van der Waals surface area contributed by atoms with Crippen LogP contribution in [-0.4, -0.2) is 27.9 Å². The minimum absolute atomic E-state index is 0.000268. The molecule has 0 aliphatic carbocycles. The van der Waals surface area contributed by atoms with Gasteiger partial charge in [-0.15, -0.1) is 11.8 Å². The van der Waals surface area contributed by atoms with E-state index in [1.54, 1.807) is 36.3 Å². The van der Waals surface area contributed by atoms with Gasteiger partial charge in [0.05, 0.1) is 24.4 Å². The number of rotatable bonds is 10. The van der Waals surface area contributed by atoms with Gasteiger partial charge < -0.3 is 19.9 Å². The van der Waals surface area contributed by atoms with Crippen LogP contribution in [0.15, 0.2) is 133 Å². The summed E-state index contributed by atoms with van der Waals surface area (Å²) in [5.41, 5.74) is 6.60. The van der Waals surface area contributed by atoms with Gasteiger partial charge in [0, 0.05) is 41.6 Å². The fourth-order valence-electron chi connectivity index (χ4n) is 5.20. The van der Waals surface area contributed by atoms with E-state index >= 15 is 0 Å². The van der Waals surface area contributed by atoms with Crippen molar-refractivity contribution in [1.29, 1.82) is 0 Å². The standard InChI is InChI=1S/C37H34N2O4S/c40-24-26-11-13-29(14-12-26)35-21-33(25-44-34-9-2-1-3-10-34)42-37(43-35)30-17-15-28(16-18-30)31-7-4-6-27(20-31)22-39-36(41)32-8-5-19-38-23-32/h1-20,23,33,35,37,40H,21-22,24-25H2,(H,39,41)/t33-,35+,37+/m0/s1. The number of carbonyl (C=O) groups is 1. The molecule has 6 nitrogen and oxygen atoms in total. The smallest absolute Gasteiger partial charge is 0.253 e. The Balaban J connectivity index is 1.15. The lowest BCUT2D eigenvalue weighted by Crippen LogP contribution is -2.31. The Kier molecular flexibility index (Phi) is 9.79. The molecule has 1 amide bonds. The Morgan fingerprint density at radius 2 is 1.61 bits per heavy atom. The van der Waals surface area contributed by atoms with E-state index in [9.17, 15) is 9.90 Å². The van der Waals surface area contributed by atoms with Crippen molar-refractivity contribution in [3.63, 3.8) is 0 Å². The molecule has 1 fully saturated rings. The number of amides is 1. The molecular formula is C37H34N2O4S. The van der Waals surface area contributed by atoms with E-state index in [1.165, 1.54) is 4.90 Å². The highest BCUT2D eigenvalue weighted by Gasteiger charge is 2.32. The van der Waals surface area contributed by atoms with Gasteiger partial charge in [-0.05, 0) is 58.1 Å². The second-order valence-electron chi connectivity index (χ2n) is 10.7. The van der Waals surface area contributed by atoms with Crippen molar-refractivity contribution >= 4 is 17.7 Å². The van der Waals surface area contributed by atoms with Crippen LogP contribution in [0.2, 0.25) is 0 Å². The number of carbonyl (C=O) groups excluding carboxylic acids is 1. The maximum atomic E-state index is 12.5. The molecule has 5 aromatic rings. The first kappa shape index (κ1) is 29.8. The van der Waals surface area contributed by atoms with Crippen molar-refractivity contribution in [1.82, 2.24) is 10.3 Å². The van der Waals surface area contributed by atoms with Crippen LogP contribution in [-0.2, 0) is 22.6 Å². The Hall–Kier alpha value is -4.27. The maximum Gasteiger partial charge on any atom is 0.253 e. The highest BCUT2D eigenvalue weighted by Crippen LogP contribution is 2.40. The number of nitrogens with zero attached hydrogens (tertiary/aromatic N) is 1. The summed E-state index contributed by atoms with van der Waals surface area (Å²) in [6.07, 6.45) is 3.33. The molecule has 1 aliphatic heterocycles. The molecule has 2 N–H and O–H groups in total. The third kappa shape index (κ3) is 7.62. The lowest BCUT2D eigenvalue weighted by atomic mass is 9.99. The van der Waals surface area contributed by atoms with Crippen LogP contribution >= 0.6 is 11.8 Å². The summed E-state index contributed by atoms with van der Waals surface area (Å²) in [4.78, 5) is 17.7. The molecule has 2 heterocycles. The monoisotopic (exact) mass is 602 g/mol. The molecule has 1 aliphatic rings. The molecule has 3 atom stereocenters. The highest BCUT2D eigenvalue weighted by molar-refractivity contribution is 7.99. The second-order valence-corrected chi connectivity index (χ2v) is 11.8. The molecule has 6 rings (SSSR count). The third-order valence-corrected chi connectivity index (χ3v) is 8.76. The SMILES string of the molecule is O=C(NCc1cccc(-c2ccc([C@@H]3O[C@H](CSc4ccccc4)C[C@H](c4ccc(CO)cc4)O3)cc2)c1)c1cccnc1. The molecule has 1 saturated heterocycles. The van der Waals surface area contributed by atoms with E-state index in [4.69, 9.17) is 9.47 Å². The first-order chi connectivity index (χ1) is 21.6. The Bertz CT molecular complexity index is 1650. The van der Waals surface area contributed by atoms with Crippen LogP contribution in [0.1, 0.15) is 51.4 Å². The first-order valence-electron chi connectivity index (χ1n) is 14.7. The highest BCUT2D eigenvalue weighted by atomic mass is 32.2. The largest absolute Gasteiger partial charge is 0.392 e. The van der Waals surface area contributed by atoms with Crippen LogP contribution in [0.3, 0.4) is 0 Å². The topological polar surface area (TPSA) is 80.7 Å². The molecule has 0 bridgehead atoms. The van der Waals surface area contributed by atoms with E-state index < -0.39 is 6.29 Å². The number of hydrogen-bond donors (Lipinski definition) is 2. The van der Waals surface area contributed by atoms with E-state index in [0.29, 0.717) is 12.1 Å². The van der Waals surface area contributed by atoms with E-state index in [-0.39, 0.29) is 24.7 Å². The molecule has 0 saturated carbocycles. The maximum absolute atomic E-state index is 12.5. The zero-order valence-electron chi connectivity index (χ0n) is 24.2. The van der Waals surface area contributed by atoms with Gasteiger partial charge in [-0.25, -0.2) is 0 Å². The molecule has 1 aromatic heterocycles. The van der Waals surface area contributed by atoms with Crippen LogP contribution in [0, 0.1) is 0 Å². The molecule has 222 valence electrons. The summed E-state index contributed by atoms with van der Waals surface area (Å²) in [5, 5.41) is 12.5. The van der Waals surface area contributed by atoms with Crippen LogP contribution in [0.25, 0.3) is 11.1 Å². The lowest BCUT2D eigenvalue weighted by molar-refractivity contribution is -0.245. The van der Waals surface area contributed by atoms with E-state index in [2.05, 4.69) is 71.0 Å². The zero-order chi connectivity index (χ0) is 30.1. The second kappa shape index (κ2) is 14.5. The fourth-order valence-corrected chi connectivity index (χ4v) is 6.15. The summed E-state index contributed by atoms with van der Waals surface area (Å²) in [6.45, 7) is 0.440. The van der Waals surface area contributed by atoms with Gasteiger partial charge in [0.1, 0.15) is 0 Å². The number of aromatic nitrogens is 1. The van der Waals surface area contributed by atoms with Gasteiger partial charge in [0.25, 0.3) is 5.91 Å². The van der Waals surface area contributed by atoms with E-state index in [0.717, 1.165) is 45.6 Å². The lowest BCUT2D eigenvalue weighted by Gasteiger charge is -2.36. The predicted octanol–water partition coefficient (Wildman–Crippen LogP) is 7.51. The molecule has 4 aromatic carbocycles. The molecule has 0 spiro atoms. The molecular weight excluding hydrogens is 568 g/mol. The van der Waals surface area contributed by atoms with E-state index in [1.807, 2.05) is 42.5 Å². The average molecular weight is 603 g/mol. The van der Waals surface area contributed by atoms with Crippen molar-refractivity contribution in [2.24, 2.45) is 0 Å². The van der Waals surface area contributed by atoms with Crippen LogP contribution in [0.4, 0.5) is 0 Å².